The van der Waals surface area contributed by atoms with Crippen molar-refractivity contribution < 1.29 is 9.47 Å². The Kier molecular flexibility index (Phi) is 0.730. The Bertz CT molecular complexity index is 321. The average molecular weight is 148 g/mol. The van der Waals surface area contributed by atoms with Crippen LogP contribution in [0.15, 0.2) is 24.3 Å². The van der Waals surface area contributed by atoms with Crippen molar-refractivity contribution in [1.82, 2.24) is 0 Å². The van der Waals surface area contributed by atoms with Gasteiger partial charge in [-0.05, 0) is 13.0 Å². The summed E-state index contributed by atoms with van der Waals surface area (Å²) in [6.45, 7) is 2.06. The lowest BCUT2D eigenvalue weighted by molar-refractivity contribution is 0.165. The van der Waals surface area contributed by atoms with Gasteiger partial charge in [-0.2, -0.15) is 0 Å². The average Bonchev–Trinajstić information content (AvgIpc) is 2.57. The van der Waals surface area contributed by atoms with E-state index in [1.807, 2.05) is 18.2 Å². The first-order valence-electron chi connectivity index (χ1n) is 3.75. The normalized spacial score (nSPS) is 37.4. The Hall–Kier alpha value is -1.02. The second kappa shape index (κ2) is 1.43. The lowest BCUT2D eigenvalue weighted by Crippen LogP contribution is -2.00. The van der Waals surface area contributed by atoms with Crippen LogP contribution in [0.5, 0.6) is 5.75 Å². The molecule has 3 rings (SSSR count). The first kappa shape index (κ1) is 5.61. The molecule has 1 aromatic carbocycles. The molecule has 2 aliphatic heterocycles. The van der Waals surface area contributed by atoms with Gasteiger partial charge >= 0.3 is 0 Å². The van der Waals surface area contributed by atoms with Crippen molar-refractivity contribution in [3.8, 4) is 5.75 Å². The number of para-hydroxylation sites is 1. The minimum Gasteiger partial charge on any atom is -0.461 e. The van der Waals surface area contributed by atoms with Crippen molar-refractivity contribution in [3.05, 3.63) is 29.8 Å². The standard InChI is InChI=1S/C9H8O2/c1-9-6-4-2-3-5-7(6)10-8(9)11-9/h2-5,8H,1H3. The fourth-order valence-electron chi connectivity index (χ4n) is 1.61. The molecule has 1 saturated heterocycles. The van der Waals surface area contributed by atoms with Gasteiger partial charge in [0.25, 0.3) is 0 Å². The third-order valence-electron chi connectivity index (χ3n) is 2.40. The molecule has 56 valence electrons. The molecule has 0 N–H and O–H groups in total. The number of hydrogen-bond donors (Lipinski definition) is 0. The second-order valence-corrected chi connectivity index (χ2v) is 3.17. The molecule has 11 heavy (non-hydrogen) atoms. The Balaban J connectivity index is 2.24. The Morgan fingerprint density at radius 2 is 2.18 bits per heavy atom. The van der Waals surface area contributed by atoms with Crippen LogP contribution in [0.1, 0.15) is 12.5 Å². The maximum atomic E-state index is 5.46. The van der Waals surface area contributed by atoms with E-state index in [-0.39, 0.29) is 11.9 Å². The zero-order valence-electron chi connectivity index (χ0n) is 6.20. The Morgan fingerprint density at radius 3 is 3.00 bits per heavy atom. The molecule has 2 atom stereocenters. The van der Waals surface area contributed by atoms with Gasteiger partial charge in [0.1, 0.15) is 5.75 Å². The van der Waals surface area contributed by atoms with Gasteiger partial charge in [-0.25, -0.2) is 0 Å². The number of rotatable bonds is 0. The van der Waals surface area contributed by atoms with Crippen LogP contribution in [0.2, 0.25) is 0 Å². The maximum absolute atomic E-state index is 5.46. The molecule has 2 nitrogen and oxygen atoms in total. The van der Waals surface area contributed by atoms with E-state index in [0.717, 1.165) is 5.75 Å². The third-order valence-corrected chi connectivity index (χ3v) is 2.40. The summed E-state index contributed by atoms with van der Waals surface area (Å²) >= 11 is 0. The summed E-state index contributed by atoms with van der Waals surface area (Å²) in [5, 5.41) is 0. The van der Waals surface area contributed by atoms with E-state index < -0.39 is 0 Å². The zero-order chi connectivity index (χ0) is 7.47. The van der Waals surface area contributed by atoms with Crippen LogP contribution in [0.25, 0.3) is 0 Å². The monoisotopic (exact) mass is 148 g/mol. The van der Waals surface area contributed by atoms with Crippen LogP contribution < -0.4 is 4.74 Å². The molecule has 1 fully saturated rings. The summed E-state index contributed by atoms with van der Waals surface area (Å²) in [4.78, 5) is 0. The molecule has 0 aromatic heterocycles. The lowest BCUT2D eigenvalue weighted by atomic mass is 10.0. The van der Waals surface area contributed by atoms with Crippen molar-refractivity contribution in [3.63, 3.8) is 0 Å². The number of ether oxygens (including phenoxy) is 2. The maximum Gasteiger partial charge on any atom is 0.234 e. The Morgan fingerprint density at radius 1 is 1.36 bits per heavy atom. The van der Waals surface area contributed by atoms with E-state index in [0.29, 0.717) is 0 Å². The minimum absolute atomic E-state index is 0.0140. The van der Waals surface area contributed by atoms with Crippen molar-refractivity contribution >= 4 is 0 Å². The molecular weight excluding hydrogens is 140 g/mol. The molecule has 2 heteroatoms. The highest BCUT2D eigenvalue weighted by atomic mass is 16.8. The van der Waals surface area contributed by atoms with E-state index >= 15 is 0 Å². The molecule has 1 aromatic rings. The Labute approximate surface area is 64.7 Å². The van der Waals surface area contributed by atoms with Crippen LogP contribution in [0.3, 0.4) is 0 Å². The van der Waals surface area contributed by atoms with Gasteiger partial charge in [-0.3, -0.25) is 0 Å². The molecule has 2 heterocycles. The molecule has 0 saturated carbocycles. The zero-order valence-corrected chi connectivity index (χ0v) is 6.20. The number of benzene rings is 1. The van der Waals surface area contributed by atoms with Crippen molar-refractivity contribution in [2.45, 2.75) is 18.8 Å². The predicted molar refractivity (Wildman–Crippen MR) is 39.3 cm³/mol. The lowest BCUT2D eigenvalue weighted by Gasteiger charge is -2.02. The van der Waals surface area contributed by atoms with Crippen LogP contribution >= 0.6 is 0 Å². The highest BCUT2D eigenvalue weighted by Crippen LogP contribution is 2.55. The fraction of sp³-hybridized carbons (Fsp3) is 0.333. The topological polar surface area (TPSA) is 21.8 Å². The number of fused-ring (bicyclic) bond motifs is 3. The smallest absolute Gasteiger partial charge is 0.234 e. The van der Waals surface area contributed by atoms with E-state index in [1.165, 1.54) is 5.56 Å². The predicted octanol–water partition coefficient (Wildman–Crippen LogP) is 1.65. The highest BCUT2D eigenvalue weighted by molar-refractivity contribution is 5.45. The summed E-state index contributed by atoms with van der Waals surface area (Å²) in [7, 11) is 0. The third kappa shape index (κ3) is 0.521. The van der Waals surface area contributed by atoms with Gasteiger partial charge in [0.05, 0.1) is 0 Å². The van der Waals surface area contributed by atoms with Crippen molar-refractivity contribution in [1.29, 1.82) is 0 Å². The van der Waals surface area contributed by atoms with E-state index in [9.17, 15) is 0 Å². The summed E-state index contributed by atoms with van der Waals surface area (Å²) in [6.07, 6.45) is -0.0140. The van der Waals surface area contributed by atoms with E-state index in [1.54, 1.807) is 0 Å². The summed E-state index contributed by atoms with van der Waals surface area (Å²) in [5.74, 6) is 0.978. The van der Waals surface area contributed by atoms with Crippen LogP contribution in [-0.2, 0) is 10.3 Å². The fourth-order valence-corrected chi connectivity index (χ4v) is 1.61. The molecule has 0 spiro atoms. The summed E-state index contributed by atoms with van der Waals surface area (Å²) in [6, 6.07) is 8.03. The van der Waals surface area contributed by atoms with Gasteiger partial charge in [0, 0.05) is 5.56 Å². The van der Waals surface area contributed by atoms with Crippen LogP contribution in [0, 0.1) is 0 Å². The summed E-state index contributed by atoms with van der Waals surface area (Å²) in [5.41, 5.74) is 1.06. The molecule has 0 amide bonds. The van der Waals surface area contributed by atoms with Gasteiger partial charge in [-0.15, -0.1) is 0 Å². The second-order valence-electron chi connectivity index (χ2n) is 3.17. The SMILES string of the molecule is CC12OC1Oc1ccccc12. The van der Waals surface area contributed by atoms with Crippen molar-refractivity contribution in [2.75, 3.05) is 0 Å². The van der Waals surface area contributed by atoms with Gasteiger partial charge < -0.3 is 9.47 Å². The van der Waals surface area contributed by atoms with Crippen molar-refractivity contribution in [2.24, 2.45) is 0 Å². The van der Waals surface area contributed by atoms with Crippen LogP contribution in [0.4, 0.5) is 0 Å². The van der Waals surface area contributed by atoms with E-state index in [4.69, 9.17) is 9.47 Å². The molecule has 0 bridgehead atoms. The van der Waals surface area contributed by atoms with E-state index in [2.05, 4.69) is 13.0 Å². The highest BCUT2D eigenvalue weighted by Gasteiger charge is 2.62. The molecule has 0 radical (unpaired) electrons. The van der Waals surface area contributed by atoms with Crippen LogP contribution in [-0.4, -0.2) is 6.29 Å². The quantitative estimate of drug-likeness (QED) is 0.522. The molecular formula is C9H8O2. The number of hydrogen-bond acceptors (Lipinski definition) is 2. The molecule has 2 unspecified atom stereocenters. The van der Waals surface area contributed by atoms with Gasteiger partial charge in [0.15, 0.2) is 5.60 Å². The molecule has 0 aliphatic carbocycles. The summed E-state index contributed by atoms with van der Waals surface area (Å²) < 4.78 is 10.8. The first-order valence-corrected chi connectivity index (χ1v) is 3.75. The number of epoxide rings is 1. The molecule has 2 aliphatic rings. The largest absolute Gasteiger partial charge is 0.461 e. The van der Waals surface area contributed by atoms with Gasteiger partial charge in [-0.1, -0.05) is 18.2 Å². The first-order chi connectivity index (χ1) is 5.31. The van der Waals surface area contributed by atoms with Gasteiger partial charge in [0.2, 0.25) is 6.29 Å². The minimum atomic E-state index is -0.128.